The molecule has 0 fully saturated rings. The van der Waals surface area contributed by atoms with Gasteiger partial charge in [0.15, 0.2) is 0 Å². The molecule has 2 aromatic carbocycles. The molecule has 0 amide bonds. The maximum atomic E-state index is 8.74. The molecule has 2 aromatic rings. The summed E-state index contributed by atoms with van der Waals surface area (Å²) >= 11 is 0. The fourth-order valence-electron chi connectivity index (χ4n) is 8.91. The van der Waals surface area contributed by atoms with Crippen LogP contribution < -0.4 is 9.47 Å². The molecule has 0 saturated carbocycles. The summed E-state index contributed by atoms with van der Waals surface area (Å²) < 4.78 is 117. The second kappa shape index (κ2) is 52.3. The van der Waals surface area contributed by atoms with Crippen molar-refractivity contribution in [2.24, 2.45) is 0 Å². The zero-order chi connectivity index (χ0) is 62.1. The van der Waals surface area contributed by atoms with Crippen LogP contribution in [-0.2, 0) is 72.0 Å². The molecule has 20 heteroatoms. The lowest BCUT2D eigenvalue weighted by Gasteiger charge is -2.28. The van der Waals surface area contributed by atoms with Crippen molar-refractivity contribution in [2.75, 3.05) is 185 Å². The van der Waals surface area contributed by atoms with Gasteiger partial charge in [0.2, 0.25) is 0 Å². The Morgan fingerprint density at radius 1 is 0.274 bits per heavy atom. The van der Waals surface area contributed by atoms with Crippen LogP contribution in [0.2, 0.25) is 0 Å². The number of rotatable bonds is 56. The predicted octanol–water partition coefficient (Wildman–Crippen LogP) is 11.8. The normalized spacial score (nSPS) is 14.0. The Morgan fingerprint density at radius 3 is 0.595 bits per heavy atom. The molecule has 0 aromatic heterocycles. The predicted molar refractivity (Wildman–Crippen MR) is 331 cm³/mol. The van der Waals surface area contributed by atoms with E-state index in [9.17, 15) is 0 Å². The number of hydrogen-bond acceptors (Lipinski definition) is 17. The van der Waals surface area contributed by atoms with Gasteiger partial charge in [0.25, 0.3) is 0 Å². The van der Waals surface area contributed by atoms with Crippen molar-refractivity contribution in [3.05, 3.63) is 57.6 Å². The molecular weight excluding hydrogens is 1100 g/mol. The Hall–Kier alpha value is -2.61. The monoisotopic (exact) mass is 1220 g/mol. The molecule has 0 bridgehead atoms. The zero-order valence-electron chi connectivity index (χ0n) is 54.1. The van der Waals surface area contributed by atoms with Crippen LogP contribution in [0.3, 0.4) is 0 Å². The Balaban J connectivity index is 0.00000674. The Labute approximate surface area is 508 Å². The molecule has 492 valence electrons. The van der Waals surface area contributed by atoms with Gasteiger partial charge >= 0.3 is 10.4 Å². The molecule has 0 aliphatic rings. The molecule has 84 heavy (non-hydrogen) atoms. The summed E-state index contributed by atoms with van der Waals surface area (Å²) in [6, 6.07) is 8.94. The van der Waals surface area contributed by atoms with Gasteiger partial charge in [0.1, 0.15) is 24.7 Å². The van der Waals surface area contributed by atoms with Crippen LogP contribution >= 0.6 is 0 Å². The first-order valence-electron chi connectivity index (χ1n) is 31.4. The first-order chi connectivity index (χ1) is 40.6. The van der Waals surface area contributed by atoms with Crippen LogP contribution in [-0.4, -0.2) is 203 Å². The maximum Gasteiger partial charge on any atom is 0.394 e. The first kappa shape index (κ1) is 79.4. The lowest BCUT2D eigenvalue weighted by molar-refractivity contribution is -0.0293. The van der Waals surface area contributed by atoms with Crippen LogP contribution in [0.1, 0.15) is 190 Å². The van der Waals surface area contributed by atoms with Gasteiger partial charge in [0.05, 0.1) is 172 Å². The molecule has 0 saturated heterocycles. The molecule has 0 aliphatic heterocycles. The minimum atomic E-state index is -4.67. The minimum absolute atomic E-state index is 0.440. The van der Waals surface area contributed by atoms with E-state index in [-0.39, 0.29) is 0 Å². The van der Waals surface area contributed by atoms with Crippen molar-refractivity contribution < 1.29 is 88.6 Å². The molecule has 0 heterocycles. The number of ether oxygens (including phenoxy) is 15. The van der Waals surface area contributed by atoms with Gasteiger partial charge in [-0.05, 0) is 108 Å². The van der Waals surface area contributed by atoms with Gasteiger partial charge in [-0.15, -0.1) is 0 Å². The molecule has 0 radical (unpaired) electrons. The third kappa shape index (κ3) is 37.9. The van der Waals surface area contributed by atoms with Crippen LogP contribution in [0, 0.1) is 0 Å². The van der Waals surface area contributed by atoms with Gasteiger partial charge in [-0.3, -0.25) is 9.11 Å². The average Bonchev–Trinajstić information content (AvgIpc) is 2.60. The lowest BCUT2D eigenvalue weighted by atomic mass is 9.79. The fourth-order valence-corrected chi connectivity index (χ4v) is 8.91. The third-order valence-electron chi connectivity index (χ3n) is 14.7. The van der Waals surface area contributed by atoms with Crippen molar-refractivity contribution in [2.45, 2.75) is 157 Å². The van der Waals surface area contributed by atoms with E-state index in [1.165, 1.54) is 33.4 Å². The van der Waals surface area contributed by atoms with E-state index >= 15 is 0 Å². The number of hydrogen-bond donors (Lipinski definition) is 2. The third-order valence-corrected chi connectivity index (χ3v) is 14.7. The minimum Gasteiger partial charge on any atom is -0.491 e. The highest BCUT2D eigenvalue weighted by atomic mass is 32.3. The molecule has 19 nitrogen and oxygen atoms in total. The van der Waals surface area contributed by atoms with Gasteiger partial charge < -0.3 is 71.1 Å². The lowest BCUT2D eigenvalue weighted by Crippen LogP contribution is -2.16. The SMILES string of the molecule is CCC(C)c1ccc(OCCOCCOCCOCCOCCOCCOCCOCCOCCOCCOCCOCCOCCOCCOc2ccc(C(C)CC)c(C(C)CC)c2C(C)CC)c(C(C)CC)c1C(C)CC.O=S(=O)(O)O. The Morgan fingerprint density at radius 2 is 0.429 bits per heavy atom. The standard InChI is InChI=1S/C64H114O15.H2O4S/c1-13-51(7)57-19-21-59(63(55(11)17-5)61(57)53(9)15-3)78-49-47-76-45-43-74-41-39-72-37-35-70-33-31-68-29-27-66-25-23-65-24-26-67-28-30-69-32-34-71-36-38-73-40-42-75-44-46-77-48-50-79-60-22-20-58(52(8)14-2)62(54(10)16-4)64(60)56(12)18-6;1-5(2,3)4/h19-22,51-56H,13-18,23-50H2,1-12H3;(H2,1,2,3,4). The summed E-state index contributed by atoms with van der Waals surface area (Å²) in [4.78, 5) is 0. The van der Waals surface area contributed by atoms with Crippen LogP contribution in [0.15, 0.2) is 24.3 Å². The Bertz CT molecular complexity index is 1830. The molecule has 6 atom stereocenters. The zero-order valence-corrected chi connectivity index (χ0v) is 54.9. The van der Waals surface area contributed by atoms with Gasteiger partial charge in [0, 0.05) is 11.1 Å². The van der Waals surface area contributed by atoms with E-state index in [1.54, 1.807) is 0 Å². The molecule has 2 N–H and O–H groups in total. The van der Waals surface area contributed by atoms with Crippen molar-refractivity contribution in [3.8, 4) is 11.5 Å². The molecule has 0 spiro atoms. The highest BCUT2D eigenvalue weighted by Gasteiger charge is 2.26. The van der Waals surface area contributed by atoms with Gasteiger partial charge in [-0.1, -0.05) is 95.2 Å². The van der Waals surface area contributed by atoms with Crippen LogP contribution in [0.5, 0.6) is 11.5 Å². The van der Waals surface area contributed by atoms with Crippen LogP contribution in [0.4, 0.5) is 0 Å². The summed E-state index contributed by atoms with van der Waals surface area (Å²) in [7, 11) is -4.67. The topological polar surface area (TPSA) is 213 Å². The summed E-state index contributed by atoms with van der Waals surface area (Å²) in [6.45, 7) is 41.8. The Kier molecular flexibility index (Phi) is 49.5. The summed E-state index contributed by atoms with van der Waals surface area (Å²) in [5.41, 5.74) is 8.70. The van der Waals surface area contributed by atoms with Crippen LogP contribution in [0.25, 0.3) is 0 Å². The second-order valence-corrected chi connectivity index (χ2v) is 21.8. The van der Waals surface area contributed by atoms with Crippen molar-refractivity contribution in [1.82, 2.24) is 0 Å². The largest absolute Gasteiger partial charge is 0.491 e. The fraction of sp³-hybridized carbons (Fsp3) is 0.812. The van der Waals surface area contributed by atoms with E-state index in [2.05, 4.69) is 107 Å². The smallest absolute Gasteiger partial charge is 0.394 e. The maximum absolute atomic E-state index is 8.74. The van der Waals surface area contributed by atoms with Crippen molar-refractivity contribution >= 4 is 10.4 Å². The summed E-state index contributed by atoms with van der Waals surface area (Å²) in [5, 5.41) is 0. The first-order valence-corrected chi connectivity index (χ1v) is 32.8. The number of benzene rings is 2. The summed E-state index contributed by atoms with van der Waals surface area (Å²) in [5.74, 6) is 4.95. The van der Waals surface area contributed by atoms with E-state index in [0.29, 0.717) is 221 Å². The molecule has 6 unspecified atom stereocenters. The van der Waals surface area contributed by atoms with Crippen molar-refractivity contribution in [1.29, 1.82) is 0 Å². The van der Waals surface area contributed by atoms with Gasteiger partial charge in [-0.2, -0.15) is 8.42 Å². The molecular formula is C64H116O19S. The van der Waals surface area contributed by atoms with E-state index in [0.717, 1.165) is 50.0 Å². The molecule has 2 rings (SSSR count). The highest BCUT2D eigenvalue weighted by Crippen LogP contribution is 2.43. The summed E-state index contributed by atoms with van der Waals surface area (Å²) in [6.07, 6.45) is 6.66. The average molecular weight is 1220 g/mol. The van der Waals surface area contributed by atoms with E-state index in [1.807, 2.05) is 0 Å². The highest BCUT2D eigenvalue weighted by molar-refractivity contribution is 7.79. The van der Waals surface area contributed by atoms with E-state index < -0.39 is 10.4 Å². The second-order valence-electron chi connectivity index (χ2n) is 20.9. The van der Waals surface area contributed by atoms with E-state index in [4.69, 9.17) is 88.6 Å². The van der Waals surface area contributed by atoms with Gasteiger partial charge in [-0.25, -0.2) is 0 Å². The molecule has 0 aliphatic carbocycles. The quantitative estimate of drug-likeness (QED) is 0.0465. The van der Waals surface area contributed by atoms with Crippen molar-refractivity contribution in [3.63, 3.8) is 0 Å².